The highest BCUT2D eigenvalue weighted by molar-refractivity contribution is 6.32. The van der Waals surface area contributed by atoms with Crippen LogP contribution in [-0.2, 0) is 4.79 Å². The summed E-state index contributed by atoms with van der Waals surface area (Å²) in [5.41, 5.74) is 0.937. The van der Waals surface area contributed by atoms with Crippen LogP contribution in [0, 0.1) is 0 Å². The minimum absolute atomic E-state index is 0.0184. The zero-order valence-electron chi connectivity index (χ0n) is 12.9. The Bertz CT molecular complexity index is 579. The molecule has 0 spiro atoms. The van der Waals surface area contributed by atoms with Crippen LogP contribution in [0.4, 0.5) is 0 Å². The molecule has 2 aliphatic heterocycles. The van der Waals surface area contributed by atoms with Gasteiger partial charge in [-0.1, -0.05) is 18.0 Å². The van der Waals surface area contributed by atoms with Crippen LogP contribution in [0.3, 0.4) is 0 Å². The van der Waals surface area contributed by atoms with Crippen LogP contribution in [0.25, 0.3) is 0 Å². The third-order valence-corrected chi connectivity index (χ3v) is 4.59. The van der Waals surface area contributed by atoms with Gasteiger partial charge < -0.3 is 14.8 Å². The first-order chi connectivity index (χ1) is 10.7. The van der Waals surface area contributed by atoms with Gasteiger partial charge in [0.05, 0.1) is 24.8 Å². The van der Waals surface area contributed by atoms with E-state index < -0.39 is 0 Å². The number of fused-ring (bicyclic) bond motifs is 1. The van der Waals surface area contributed by atoms with E-state index in [1.54, 1.807) is 7.11 Å². The molecule has 5 nitrogen and oxygen atoms in total. The van der Waals surface area contributed by atoms with Crippen molar-refractivity contribution in [3.05, 3.63) is 22.7 Å². The van der Waals surface area contributed by atoms with Gasteiger partial charge in [-0.05, 0) is 37.5 Å². The number of carbonyl (C=O) groups excluding carboxylic acids is 1. The van der Waals surface area contributed by atoms with Gasteiger partial charge in [-0.25, -0.2) is 0 Å². The number of halogens is 1. The van der Waals surface area contributed by atoms with Gasteiger partial charge in [0.25, 0.3) is 0 Å². The van der Waals surface area contributed by atoms with Crippen molar-refractivity contribution < 1.29 is 14.3 Å². The minimum atomic E-state index is -0.139. The SMILES string of the molecule is CCOc1cc(C2NC(=O)C3CCCCN32)cc(Cl)c1OC. The number of nitrogens with zero attached hydrogens (tertiary/aromatic N) is 1. The highest BCUT2D eigenvalue weighted by Gasteiger charge is 2.41. The lowest BCUT2D eigenvalue weighted by atomic mass is 10.0. The van der Waals surface area contributed by atoms with Gasteiger partial charge in [-0.2, -0.15) is 0 Å². The molecule has 2 heterocycles. The predicted molar refractivity (Wildman–Crippen MR) is 84.4 cm³/mol. The van der Waals surface area contributed by atoms with Gasteiger partial charge in [0.2, 0.25) is 5.91 Å². The largest absolute Gasteiger partial charge is 0.491 e. The summed E-state index contributed by atoms with van der Waals surface area (Å²) in [7, 11) is 1.57. The molecule has 2 saturated heterocycles. The standard InChI is InChI=1S/C16H21ClN2O3/c1-3-22-13-9-10(8-11(17)14(13)21-2)15-18-16(20)12-6-4-5-7-19(12)15/h8-9,12,15H,3-7H2,1-2H3,(H,18,20). The number of amides is 1. The van der Waals surface area contributed by atoms with Gasteiger partial charge in [-0.15, -0.1) is 0 Å². The lowest BCUT2D eigenvalue weighted by Crippen LogP contribution is -2.38. The first-order valence-corrected chi connectivity index (χ1v) is 8.09. The van der Waals surface area contributed by atoms with Gasteiger partial charge in [0.15, 0.2) is 11.5 Å². The molecule has 22 heavy (non-hydrogen) atoms. The number of carbonyl (C=O) groups is 1. The number of benzene rings is 1. The van der Waals surface area contributed by atoms with Crippen LogP contribution in [0.5, 0.6) is 11.5 Å². The van der Waals surface area contributed by atoms with E-state index in [1.165, 1.54) is 0 Å². The van der Waals surface area contributed by atoms with E-state index in [1.807, 2.05) is 19.1 Å². The number of hydrogen-bond donors (Lipinski definition) is 1. The Kier molecular flexibility index (Phi) is 4.45. The fourth-order valence-electron chi connectivity index (χ4n) is 3.34. The monoisotopic (exact) mass is 324 g/mol. The van der Waals surface area contributed by atoms with Crippen molar-refractivity contribution in [3.8, 4) is 11.5 Å². The van der Waals surface area contributed by atoms with Crippen LogP contribution in [-0.4, -0.2) is 37.1 Å². The molecule has 1 aromatic rings. The van der Waals surface area contributed by atoms with E-state index in [0.29, 0.717) is 23.1 Å². The Morgan fingerprint density at radius 1 is 1.41 bits per heavy atom. The number of rotatable bonds is 4. The zero-order valence-corrected chi connectivity index (χ0v) is 13.7. The second kappa shape index (κ2) is 6.34. The molecule has 2 aliphatic rings. The van der Waals surface area contributed by atoms with Gasteiger partial charge in [0.1, 0.15) is 6.17 Å². The minimum Gasteiger partial charge on any atom is -0.491 e. The van der Waals surface area contributed by atoms with Crippen LogP contribution < -0.4 is 14.8 Å². The highest BCUT2D eigenvalue weighted by Crippen LogP contribution is 2.40. The van der Waals surface area contributed by atoms with Crippen molar-refractivity contribution >= 4 is 17.5 Å². The second-order valence-corrected chi connectivity index (χ2v) is 6.03. The van der Waals surface area contributed by atoms with Crippen molar-refractivity contribution in [3.63, 3.8) is 0 Å². The summed E-state index contributed by atoms with van der Waals surface area (Å²) in [4.78, 5) is 14.4. The van der Waals surface area contributed by atoms with Crippen LogP contribution in [0.15, 0.2) is 12.1 Å². The van der Waals surface area contributed by atoms with Crippen molar-refractivity contribution in [1.29, 1.82) is 0 Å². The third-order valence-electron chi connectivity index (χ3n) is 4.31. The molecule has 0 saturated carbocycles. The highest BCUT2D eigenvalue weighted by atomic mass is 35.5. The summed E-state index contributed by atoms with van der Waals surface area (Å²) in [6, 6.07) is 3.75. The molecule has 0 aliphatic carbocycles. The van der Waals surface area contributed by atoms with Crippen LogP contribution in [0.2, 0.25) is 5.02 Å². The summed E-state index contributed by atoms with van der Waals surface area (Å²) in [5.74, 6) is 1.25. The van der Waals surface area contributed by atoms with Crippen molar-refractivity contribution in [1.82, 2.24) is 10.2 Å². The maximum atomic E-state index is 12.2. The summed E-state index contributed by atoms with van der Waals surface area (Å²) in [6.07, 6.45) is 3.00. The molecular formula is C16H21ClN2O3. The molecule has 0 radical (unpaired) electrons. The quantitative estimate of drug-likeness (QED) is 0.925. The summed E-state index contributed by atoms with van der Waals surface area (Å²) in [5, 5.41) is 3.58. The number of methoxy groups -OCH3 is 1. The average Bonchev–Trinajstić information content (AvgIpc) is 2.85. The molecule has 2 atom stereocenters. The van der Waals surface area contributed by atoms with E-state index in [2.05, 4.69) is 10.2 Å². The fourth-order valence-corrected chi connectivity index (χ4v) is 3.64. The lowest BCUT2D eigenvalue weighted by Gasteiger charge is -2.31. The van der Waals surface area contributed by atoms with E-state index in [4.69, 9.17) is 21.1 Å². The molecule has 0 aromatic heterocycles. The number of ether oxygens (including phenoxy) is 2. The van der Waals surface area contributed by atoms with Crippen LogP contribution >= 0.6 is 11.6 Å². The first kappa shape index (κ1) is 15.4. The zero-order chi connectivity index (χ0) is 15.7. The van der Waals surface area contributed by atoms with E-state index in [0.717, 1.165) is 31.4 Å². The predicted octanol–water partition coefficient (Wildman–Crippen LogP) is 2.73. The molecule has 2 unspecified atom stereocenters. The Morgan fingerprint density at radius 3 is 2.95 bits per heavy atom. The number of hydrogen-bond acceptors (Lipinski definition) is 4. The number of piperidine rings is 1. The molecule has 1 amide bonds. The van der Waals surface area contributed by atoms with E-state index in [9.17, 15) is 4.79 Å². The smallest absolute Gasteiger partial charge is 0.238 e. The van der Waals surface area contributed by atoms with Gasteiger partial charge in [-0.3, -0.25) is 9.69 Å². The van der Waals surface area contributed by atoms with Gasteiger partial charge in [0, 0.05) is 6.54 Å². The fraction of sp³-hybridized carbons (Fsp3) is 0.562. The summed E-state index contributed by atoms with van der Waals surface area (Å²) in [6.45, 7) is 3.36. The molecule has 1 aromatic carbocycles. The molecule has 0 bridgehead atoms. The molecule has 3 rings (SSSR count). The maximum absolute atomic E-state index is 12.2. The van der Waals surface area contributed by atoms with Crippen molar-refractivity contribution in [2.75, 3.05) is 20.3 Å². The second-order valence-electron chi connectivity index (χ2n) is 5.63. The first-order valence-electron chi connectivity index (χ1n) is 7.72. The van der Waals surface area contributed by atoms with Gasteiger partial charge >= 0.3 is 0 Å². The molecule has 120 valence electrons. The summed E-state index contributed by atoms with van der Waals surface area (Å²) < 4.78 is 10.9. The Labute approximate surface area is 135 Å². The number of nitrogens with one attached hydrogen (secondary N) is 1. The Hall–Kier alpha value is -1.46. The lowest BCUT2D eigenvalue weighted by molar-refractivity contribution is -0.122. The molecular weight excluding hydrogens is 304 g/mol. The average molecular weight is 325 g/mol. The normalized spacial score (nSPS) is 24.8. The maximum Gasteiger partial charge on any atom is 0.238 e. The third kappa shape index (κ3) is 2.63. The topological polar surface area (TPSA) is 50.8 Å². The van der Waals surface area contributed by atoms with Crippen LogP contribution in [0.1, 0.15) is 37.9 Å². The Balaban J connectivity index is 1.96. The van der Waals surface area contributed by atoms with E-state index >= 15 is 0 Å². The summed E-state index contributed by atoms with van der Waals surface area (Å²) >= 11 is 6.32. The molecule has 2 fully saturated rings. The van der Waals surface area contributed by atoms with Crippen molar-refractivity contribution in [2.24, 2.45) is 0 Å². The Morgan fingerprint density at radius 2 is 2.23 bits per heavy atom. The van der Waals surface area contributed by atoms with E-state index in [-0.39, 0.29) is 18.1 Å². The van der Waals surface area contributed by atoms with Crippen molar-refractivity contribution in [2.45, 2.75) is 38.4 Å². The molecule has 6 heteroatoms. The molecule has 1 N–H and O–H groups in total.